The maximum Gasteiger partial charge on any atom is 3.00 e. The van der Waals surface area contributed by atoms with Crippen molar-refractivity contribution in [3.8, 4) is 11.4 Å². The van der Waals surface area contributed by atoms with Crippen molar-refractivity contribution in [1.82, 2.24) is 9.97 Å². The Balaban J connectivity index is -0.000000640. The van der Waals surface area contributed by atoms with E-state index in [1.807, 2.05) is 36.4 Å². The number of rotatable bonds is 2. The molecule has 2 aromatic heterocycles. The van der Waals surface area contributed by atoms with E-state index in [9.17, 15) is 0 Å². The smallest absolute Gasteiger partial charge is 1.00 e. The minimum Gasteiger partial charge on any atom is -1.00 e. The summed E-state index contributed by atoms with van der Waals surface area (Å²) in [6.45, 7) is 3.80. The molecular weight excluding hydrogens is 487 g/mol. The average Bonchev–Trinajstić information content (AvgIpc) is 2.29. The number of alkyl halides is 1. The van der Waals surface area contributed by atoms with Crippen molar-refractivity contribution >= 4 is 15.9 Å². The SMILES string of the molecule is O.[Br-].[Br-].[CH2-]c1cccc(-c2cccc(CBr)n2)n1.[Ni+3]. The summed E-state index contributed by atoms with van der Waals surface area (Å²) in [5.74, 6) is 0. The first-order chi connectivity index (χ1) is 7.29. The Labute approximate surface area is 152 Å². The Morgan fingerprint density at radius 2 is 1.47 bits per heavy atom. The van der Waals surface area contributed by atoms with Crippen LogP contribution in [0.5, 0.6) is 0 Å². The van der Waals surface area contributed by atoms with Crippen LogP contribution in [0.25, 0.3) is 11.4 Å². The molecule has 0 atom stereocenters. The Kier molecular flexibility index (Phi) is 15.0. The van der Waals surface area contributed by atoms with Crippen molar-refractivity contribution in [2.24, 2.45) is 0 Å². The minimum atomic E-state index is 0. The van der Waals surface area contributed by atoms with Gasteiger partial charge in [0.2, 0.25) is 0 Å². The molecule has 0 bridgehead atoms. The molecule has 0 saturated heterocycles. The van der Waals surface area contributed by atoms with Gasteiger partial charge in [-0.05, 0) is 12.1 Å². The molecule has 3 nitrogen and oxygen atoms in total. The Bertz CT molecular complexity index is 486. The molecular formula is C12H12Br3N2NiO. The van der Waals surface area contributed by atoms with Crippen LogP contribution in [0.1, 0.15) is 11.4 Å². The van der Waals surface area contributed by atoms with Gasteiger partial charge >= 0.3 is 16.5 Å². The van der Waals surface area contributed by atoms with E-state index in [0.29, 0.717) is 0 Å². The summed E-state index contributed by atoms with van der Waals surface area (Å²) in [5, 5.41) is 0.755. The van der Waals surface area contributed by atoms with Crippen molar-refractivity contribution in [2.45, 2.75) is 5.33 Å². The maximum atomic E-state index is 4.47. The zero-order valence-corrected chi connectivity index (χ0v) is 15.5. The average molecular weight is 499 g/mol. The van der Waals surface area contributed by atoms with Gasteiger partial charge in [0.25, 0.3) is 0 Å². The van der Waals surface area contributed by atoms with Crippen LogP contribution in [0.15, 0.2) is 36.4 Å². The fourth-order valence-electron chi connectivity index (χ4n) is 1.32. The molecule has 107 valence electrons. The third-order valence-corrected chi connectivity index (χ3v) is 2.59. The monoisotopic (exact) mass is 495 g/mol. The van der Waals surface area contributed by atoms with Crippen LogP contribution in [0, 0.1) is 6.92 Å². The summed E-state index contributed by atoms with van der Waals surface area (Å²) < 4.78 is 0. The third-order valence-electron chi connectivity index (χ3n) is 2.01. The largest absolute Gasteiger partial charge is 3.00 e. The fourth-order valence-corrected chi connectivity index (χ4v) is 1.63. The molecule has 0 amide bonds. The molecule has 2 N–H and O–H groups in total. The van der Waals surface area contributed by atoms with Crippen molar-refractivity contribution < 1.29 is 55.9 Å². The number of pyridine rings is 2. The van der Waals surface area contributed by atoms with Crippen molar-refractivity contribution in [1.29, 1.82) is 0 Å². The van der Waals surface area contributed by atoms with Crippen LogP contribution in [0.3, 0.4) is 0 Å². The molecule has 0 aliphatic heterocycles. The van der Waals surface area contributed by atoms with E-state index in [2.05, 4.69) is 32.8 Å². The van der Waals surface area contributed by atoms with Gasteiger partial charge in [0.1, 0.15) is 0 Å². The minimum absolute atomic E-state index is 0. The second kappa shape index (κ2) is 11.9. The molecule has 0 aliphatic rings. The number of aromatic nitrogens is 2. The van der Waals surface area contributed by atoms with E-state index in [1.165, 1.54) is 0 Å². The molecule has 19 heavy (non-hydrogen) atoms. The quantitative estimate of drug-likeness (QED) is 0.244. The first kappa shape index (κ1) is 24.1. The summed E-state index contributed by atoms with van der Waals surface area (Å²) in [4.78, 5) is 8.80. The molecule has 0 spiro atoms. The normalized spacial score (nSPS) is 8.05. The van der Waals surface area contributed by atoms with E-state index < -0.39 is 0 Å². The Morgan fingerprint density at radius 1 is 0.947 bits per heavy atom. The zero-order chi connectivity index (χ0) is 10.7. The zero-order valence-electron chi connectivity index (χ0n) is 9.72. The molecule has 2 aromatic rings. The third kappa shape index (κ3) is 6.86. The van der Waals surface area contributed by atoms with Crippen LogP contribution in [-0.2, 0) is 21.8 Å². The van der Waals surface area contributed by atoms with Crippen molar-refractivity contribution in [3.63, 3.8) is 0 Å². The van der Waals surface area contributed by atoms with Gasteiger partial charge in [-0.1, -0.05) is 28.1 Å². The van der Waals surface area contributed by atoms with E-state index in [0.717, 1.165) is 28.1 Å². The van der Waals surface area contributed by atoms with E-state index in [4.69, 9.17) is 0 Å². The van der Waals surface area contributed by atoms with Gasteiger partial charge in [-0.3, -0.25) is 9.97 Å². The molecule has 0 unspecified atom stereocenters. The molecule has 0 fully saturated rings. The number of halogens is 3. The predicted octanol–water partition coefficient (Wildman–Crippen LogP) is -3.60. The Morgan fingerprint density at radius 3 is 2.00 bits per heavy atom. The van der Waals surface area contributed by atoms with Gasteiger partial charge in [0.05, 0.1) is 17.1 Å². The number of hydrogen-bond donors (Lipinski definition) is 0. The van der Waals surface area contributed by atoms with Crippen LogP contribution >= 0.6 is 15.9 Å². The van der Waals surface area contributed by atoms with Crippen LogP contribution < -0.4 is 34.0 Å². The summed E-state index contributed by atoms with van der Waals surface area (Å²) in [5.41, 5.74) is 3.52. The molecule has 0 saturated carbocycles. The number of nitrogens with zero attached hydrogens (tertiary/aromatic N) is 2. The standard InChI is InChI=1S/C12H10BrN2.2BrH.Ni.H2O/c1-9-4-2-6-11(14-9)12-7-3-5-10(8-13)15-12;;;;/h2-7H,1,8H2;2*1H;;1H2/q-1;;;+3;/p-2. The summed E-state index contributed by atoms with van der Waals surface area (Å²) in [7, 11) is 0. The molecule has 2 rings (SSSR count). The van der Waals surface area contributed by atoms with E-state index >= 15 is 0 Å². The van der Waals surface area contributed by atoms with Gasteiger partial charge in [0.15, 0.2) is 0 Å². The van der Waals surface area contributed by atoms with Gasteiger partial charge < -0.3 is 39.4 Å². The molecule has 0 aliphatic carbocycles. The second-order valence-corrected chi connectivity index (χ2v) is 3.72. The summed E-state index contributed by atoms with van der Waals surface area (Å²) in [6, 6.07) is 11.7. The molecule has 7 heteroatoms. The topological polar surface area (TPSA) is 57.3 Å². The van der Waals surface area contributed by atoms with Gasteiger partial charge in [-0.25, -0.2) is 6.92 Å². The second-order valence-electron chi connectivity index (χ2n) is 3.16. The molecule has 2 heterocycles. The van der Waals surface area contributed by atoms with Gasteiger partial charge in [-0.2, -0.15) is 6.07 Å². The first-order valence-corrected chi connectivity index (χ1v) is 5.73. The van der Waals surface area contributed by atoms with Crippen LogP contribution in [0.4, 0.5) is 0 Å². The predicted molar refractivity (Wildman–Crippen MR) is 68.2 cm³/mol. The molecule has 1 radical (unpaired) electrons. The van der Waals surface area contributed by atoms with Gasteiger partial charge in [-0.15, -0.1) is 11.8 Å². The van der Waals surface area contributed by atoms with Crippen LogP contribution in [-0.4, -0.2) is 15.4 Å². The number of hydrogen-bond acceptors (Lipinski definition) is 2. The first-order valence-electron chi connectivity index (χ1n) is 4.61. The van der Waals surface area contributed by atoms with Gasteiger partial charge in [0, 0.05) is 5.33 Å². The fraction of sp³-hybridized carbons (Fsp3) is 0.0833. The van der Waals surface area contributed by atoms with Crippen molar-refractivity contribution in [3.05, 3.63) is 54.7 Å². The molecule has 0 aromatic carbocycles. The van der Waals surface area contributed by atoms with Crippen LogP contribution in [0.2, 0.25) is 0 Å². The van der Waals surface area contributed by atoms with Crippen molar-refractivity contribution in [2.75, 3.05) is 0 Å². The summed E-state index contributed by atoms with van der Waals surface area (Å²) in [6.07, 6.45) is 0. The maximum absolute atomic E-state index is 4.47. The summed E-state index contributed by atoms with van der Waals surface area (Å²) >= 11 is 3.38. The van der Waals surface area contributed by atoms with E-state index in [-0.39, 0.29) is 55.9 Å². The Hall–Kier alpha value is 0.0635. The van der Waals surface area contributed by atoms with E-state index in [1.54, 1.807) is 0 Å².